The predicted molar refractivity (Wildman–Crippen MR) is 82.9 cm³/mol. The minimum Gasteiger partial charge on any atom is -0.465 e. The van der Waals surface area contributed by atoms with E-state index in [1.807, 2.05) is 24.3 Å². The molecule has 1 heterocycles. The van der Waals surface area contributed by atoms with Crippen molar-refractivity contribution in [2.45, 2.75) is 0 Å². The van der Waals surface area contributed by atoms with Crippen molar-refractivity contribution in [3.8, 4) is 11.5 Å². The summed E-state index contributed by atoms with van der Waals surface area (Å²) < 4.78 is 11.3. The lowest BCUT2D eigenvalue weighted by Crippen LogP contribution is -2.02. The third-order valence-electron chi connectivity index (χ3n) is 3.02. The molecular weight excluding hydrogens is 336 g/mol. The lowest BCUT2D eigenvalue weighted by atomic mass is 10.2. The molecule has 0 fully saturated rings. The van der Waals surface area contributed by atoms with Crippen LogP contribution in [0.4, 0.5) is 5.69 Å². The van der Waals surface area contributed by atoms with Crippen molar-refractivity contribution < 1.29 is 13.9 Å². The zero-order valence-electron chi connectivity index (χ0n) is 11.1. The van der Waals surface area contributed by atoms with Crippen molar-refractivity contribution in [1.82, 2.24) is 4.98 Å². The number of nitrogens with two attached hydrogens (primary N) is 1. The van der Waals surface area contributed by atoms with Crippen molar-refractivity contribution in [1.29, 1.82) is 0 Å². The van der Waals surface area contributed by atoms with Gasteiger partial charge in [-0.05, 0) is 40.2 Å². The Morgan fingerprint density at radius 2 is 2.10 bits per heavy atom. The van der Waals surface area contributed by atoms with E-state index in [-0.39, 0.29) is 5.56 Å². The molecule has 0 aliphatic heterocycles. The first-order valence-electron chi connectivity index (χ1n) is 6.13. The molecule has 21 heavy (non-hydrogen) atoms. The van der Waals surface area contributed by atoms with E-state index in [0.29, 0.717) is 22.7 Å². The second-order valence-electron chi connectivity index (χ2n) is 4.41. The summed E-state index contributed by atoms with van der Waals surface area (Å²) in [7, 11) is 1.31. The Kier molecular flexibility index (Phi) is 3.39. The fraction of sp³-hybridized carbons (Fsp3) is 0.0667. The Morgan fingerprint density at radius 3 is 2.81 bits per heavy atom. The summed E-state index contributed by atoms with van der Waals surface area (Å²) in [6.45, 7) is 0. The Balaban J connectivity index is 2.25. The average Bonchev–Trinajstić information content (AvgIpc) is 2.89. The fourth-order valence-corrected chi connectivity index (χ4v) is 2.52. The highest BCUT2D eigenvalue weighted by molar-refractivity contribution is 9.10. The molecule has 2 N–H and O–H groups in total. The lowest BCUT2D eigenvalue weighted by molar-refractivity contribution is 0.0602. The molecule has 0 saturated heterocycles. The van der Waals surface area contributed by atoms with Gasteiger partial charge in [-0.15, -0.1) is 0 Å². The number of carbonyl (C=O) groups is 1. The summed E-state index contributed by atoms with van der Waals surface area (Å²) in [5.41, 5.74) is 8.16. The standard InChI is InChI=1S/C15H11BrN2O3/c1-20-15(19)10-6-8(17)7-12-13(10)21-14(18-12)9-4-2-3-5-11(9)16/h2-7H,17H2,1H3. The van der Waals surface area contributed by atoms with Crippen LogP contribution in [0.1, 0.15) is 10.4 Å². The maximum atomic E-state index is 11.8. The van der Waals surface area contributed by atoms with E-state index in [9.17, 15) is 4.79 Å². The van der Waals surface area contributed by atoms with Crippen LogP contribution in [0.5, 0.6) is 0 Å². The maximum Gasteiger partial charge on any atom is 0.341 e. The molecule has 3 aromatic rings. The van der Waals surface area contributed by atoms with Crippen LogP contribution in [0, 0.1) is 0 Å². The largest absolute Gasteiger partial charge is 0.465 e. The highest BCUT2D eigenvalue weighted by atomic mass is 79.9. The Labute approximate surface area is 128 Å². The number of fused-ring (bicyclic) bond motifs is 1. The molecule has 0 spiro atoms. The zero-order valence-corrected chi connectivity index (χ0v) is 12.7. The summed E-state index contributed by atoms with van der Waals surface area (Å²) in [6.07, 6.45) is 0. The van der Waals surface area contributed by atoms with E-state index in [1.165, 1.54) is 13.2 Å². The molecular formula is C15H11BrN2O3. The summed E-state index contributed by atoms with van der Waals surface area (Å²) in [5, 5.41) is 0. The van der Waals surface area contributed by atoms with Crippen LogP contribution >= 0.6 is 15.9 Å². The van der Waals surface area contributed by atoms with E-state index in [4.69, 9.17) is 14.9 Å². The highest BCUT2D eigenvalue weighted by Crippen LogP contribution is 2.32. The van der Waals surface area contributed by atoms with E-state index in [2.05, 4.69) is 20.9 Å². The number of halogens is 1. The molecule has 0 aliphatic carbocycles. The van der Waals surface area contributed by atoms with Crippen molar-refractivity contribution in [3.05, 3.63) is 46.4 Å². The molecule has 106 valence electrons. The normalized spacial score (nSPS) is 10.8. The van der Waals surface area contributed by atoms with Gasteiger partial charge in [0.1, 0.15) is 11.1 Å². The van der Waals surface area contributed by atoms with Crippen molar-refractivity contribution >= 4 is 38.7 Å². The first-order chi connectivity index (χ1) is 10.1. The van der Waals surface area contributed by atoms with Gasteiger partial charge < -0.3 is 14.9 Å². The Hall–Kier alpha value is -2.34. The van der Waals surface area contributed by atoms with Crippen LogP contribution in [-0.2, 0) is 4.74 Å². The molecule has 0 radical (unpaired) electrons. The minimum absolute atomic E-state index is 0.262. The van der Waals surface area contributed by atoms with Crippen LogP contribution in [-0.4, -0.2) is 18.1 Å². The van der Waals surface area contributed by atoms with Crippen LogP contribution < -0.4 is 5.73 Å². The van der Waals surface area contributed by atoms with Gasteiger partial charge in [0.05, 0.1) is 12.7 Å². The highest BCUT2D eigenvalue weighted by Gasteiger charge is 2.18. The first kappa shape index (κ1) is 13.6. The number of methoxy groups -OCH3 is 1. The van der Waals surface area contributed by atoms with Crippen LogP contribution in [0.2, 0.25) is 0 Å². The molecule has 6 heteroatoms. The van der Waals surface area contributed by atoms with Crippen molar-refractivity contribution in [3.63, 3.8) is 0 Å². The van der Waals surface area contributed by atoms with E-state index >= 15 is 0 Å². The molecule has 0 aliphatic rings. The van der Waals surface area contributed by atoms with Crippen LogP contribution in [0.3, 0.4) is 0 Å². The van der Waals surface area contributed by atoms with Crippen LogP contribution in [0.15, 0.2) is 45.3 Å². The molecule has 1 aromatic heterocycles. The van der Waals surface area contributed by atoms with Gasteiger partial charge in [-0.3, -0.25) is 0 Å². The Bertz CT molecular complexity index is 842. The lowest BCUT2D eigenvalue weighted by Gasteiger charge is -2.01. The third-order valence-corrected chi connectivity index (χ3v) is 3.71. The van der Waals surface area contributed by atoms with Gasteiger partial charge in [-0.2, -0.15) is 0 Å². The number of rotatable bonds is 2. The Morgan fingerprint density at radius 1 is 1.33 bits per heavy atom. The first-order valence-corrected chi connectivity index (χ1v) is 6.92. The number of benzene rings is 2. The van der Waals surface area contributed by atoms with Gasteiger partial charge >= 0.3 is 5.97 Å². The monoisotopic (exact) mass is 346 g/mol. The number of hydrogen-bond donors (Lipinski definition) is 1. The zero-order chi connectivity index (χ0) is 15.0. The number of ether oxygens (including phenoxy) is 1. The van der Waals surface area contributed by atoms with E-state index in [0.717, 1.165) is 10.0 Å². The fourth-order valence-electron chi connectivity index (χ4n) is 2.07. The molecule has 3 rings (SSSR count). The number of nitrogens with zero attached hydrogens (tertiary/aromatic N) is 1. The second kappa shape index (κ2) is 5.21. The van der Waals surface area contributed by atoms with Gasteiger partial charge in [0, 0.05) is 10.2 Å². The number of carbonyl (C=O) groups excluding carboxylic acids is 1. The molecule has 0 atom stereocenters. The number of anilines is 1. The topological polar surface area (TPSA) is 78.4 Å². The van der Waals surface area contributed by atoms with Crippen molar-refractivity contribution in [2.24, 2.45) is 0 Å². The smallest absolute Gasteiger partial charge is 0.341 e. The molecule has 0 saturated carbocycles. The number of hydrogen-bond acceptors (Lipinski definition) is 5. The van der Waals surface area contributed by atoms with Gasteiger partial charge in [-0.25, -0.2) is 9.78 Å². The molecule has 5 nitrogen and oxygen atoms in total. The van der Waals surface area contributed by atoms with Crippen LogP contribution in [0.25, 0.3) is 22.6 Å². The van der Waals surface area contributed by atoms with Crippen molar-refractivity contribution in [2.75, 3.05) is 12.8 Å². The quantitative estimate of drug-likeness (QED) is 0.566. The van der Waals surface area contributed by atoms with E-state index in [1.54, 1.807) is 6.07 Å². The molecule has 0 unspecified atom stereocenters. The second-order valence-corrected chi connectivity index (χ2v) is 5.26. The molecule has 0 amide bonds. The van der Waals surface area contributed by atoms with Gasteiger partial charge in [0.2, 0.25) is 5.89 Å². The SMILES string of the molecule is COC(=O)c1cc(N)cc2nc(-c3ccccc3Br)oc12. The predicted octanol–water partition coefficient (Wildman–Crippen LogP) is 3.63. The number of esters is 1. The van der Waals surface area contributed by atoms with Gasteiger partial charge in [0.15, 0.2) is 5.58 Å². The number of oxazole rings is 1. The summed E-state index contributed by atoms with van der Waals surface area (Å²) in [5.74, 6) is -0.102. The molecule has 0 bridgehead atoms. The maximum absolute atomic E-state index is 11.8. The molecule has 2 aromatic carbocycles. The summed E-state index contributed by atoms with van der Waals surface area (Å²) >= 11 is 3.45. The number of aromatic nitrogens is 1. The minimum atomic E-state index is -0.512. The van der Waals surface area contributed by atoms with Gasteiger partial charge in [0.25, 0.3) is 0 Å². The number of nitrogen functional groups attached to an aromatic ring is 1. The van der Waals surface area contributed by atoms with E-state index < -0.39 is 5.97 Å². The summed E-state index contributed by atoms with van der Waals surface area (Å²) in [6, 6.07) is 10.7. The average molecular weight is 347 g/mol. The third kappa shape index (κ3) is 2.38. The summed E-state index contributed by atoms with van der Waals surface area (Å²) in [4.78, 5) is 16.2. The van der Waals surface area contributed by atoms with Gasteiger partial charge in [-0.1, -0.05) is 12.1 Å².